The lowest BCUT2D eigenvalue weighted by molar-refractivity contribution is -0.136. The molecule has 2 aromatic rings. The first-order valence-corrected chi connectivity index (χ1v) is 9.72. The molecule has 2 aromatic carbocycles. The highest BCUT2D eigenvalue weighted by atomic mass is 32.2. The van der Waals surface area contributed by atoms with Gasteiger partial charge < -0.3 is 10.0 Å². The average Bonchev–Trinajstić information content (AvgIpc) is 2.96. The van der Waals surface area contributed by atoms with Gasteiger partial charge in [-0.05, 0) is 41.5 Å². The van der Waals surface area contributed by atoms with Crippen LogP contribution in [0.3, 0.4) is 0 Å². The van der Waals surface area contributed by atoms with Crippen molar-refractivity contribution in [2.24, 2.45) is 0 Å². The molecule has 0 unspecified atom stereocenters. The second-order valence-electron chi connectivity index (χ2n) is 6.66. The Kier molecular flexibility index (Phi) is 4.92. The van der Waals surface area contributed by atoms with Crippen LogP contribution in [0.5, 0.6) is 5.75 Å². The number of phenols is 1. The molecule has 2 aliphatic rings. The number of hydrogen-bond donors (Lipinski definition) is 1. The molecule has 142 valence electrons. The van der Waals surface area contributed by atoms with E-state index >= 15 is 0 Å². The van der Waals surface area contributed by atoms with E-state index in [4.69, 9.17) is 0 Å². The lowest BCUT2D eigenvalue weighted by Crippen LogP contribution is -2.44. The quantitative estimate of drug-likeness (QED) is 0.810. The Morgan fingerprint density at radius 1 is 1.07 bits per heavy atom. The topological polar surface area (TPSA) is 77.9 Å². The average molecular weight is 394 g/mol. The summed E-state index contributed by atoms with van der Waals surface area (Å²) in [6.45, 7) is 0.781. The monoisotopic (exact) mass is 394 g/mol. The fourth-order valence-electron chi connectivity index (χ4n) is 3.33. The number of carbonyl (C=O) groups is 3. The van der Waals surface area contributed by atoms with Crippen LogP contribution >= 0.6 is 11.8 Å². The predicted octanol–water partition coefficient (Wildman–Crippen LogP) is 3.01. The van der Waals surface area contributed by atoms with Crippen LogP contribution < -0.4 is 0 Å². The summed E-state index contributed by atoms with van der Waals surface area (Å²) in [5.41, 5.74) is 2.77. The summed E-state index contributed by atoms with van der Waals surface area (Å²) in [7, 11) is 0. The van der Waals surface area contributed by atoms with Gasteiger partial charge in [0.15, 0.2) is 0 Å². The molecule has 0 aromatic heterocycles. The molecule has 0 bridgehead atoms. The van der Waals surface area contributed by atoms with Gasteiger partial charge >= 0.3 is 0 Å². The minimum atomic E-state index is -0.510. The zero-order chi connectivity index (χ0) is 19.7. The number of para-hydroxylation sites is 1. The third-order valence-corrected chi connectivity index (χ3v) is 5.78. The van der Waals surface area contributed by atoms with E-state index in [1.54, 1.807) is 23.1 Å². The van der Waals surface area contributed by atoms with Crippen LogP contribution in [0.4, 0.5) is 4.79 Å². The molecule has 1 fully saturated rings. The van der Waals surface area contributed by atoms with E-state index in [9.17, 15) is 19.5 Å². The van der Waals surface area contributed by atoms with Crippen molar-refractivity contribution < 1.29 is 19.5 Å². The van der Waals surface area contributed by atoms with Crippen molar-refractivity contribution in [2.75, 3.05) is 13.1 Å². The molecule has 0 radical (unpaired) electrons. The minimum absolute atomic E-state index is 0.0253. The maximum absolute atomic E-state index is 12.7. The van der Waals surface area contributed by atoms with Crippen molar-refractivity contribution in [3.63, 3.8) is 0 Å². The third-order valence-electron chi connectivity index (χ3n) is 4.87. The van der Waals surface area contributed by atoms with Crippen LogP contribution in [0.1, 0.15) is 16.7 Å². The normalized spacial score (nSPS) is 17.9. The number of carbonyl (C=O) groups excluding carboxylic acids is 3. The molecular weight excluding hydrogens is 376 g/mol. The summed E-state index contributed by atoms with van der Waals surface area (Å²) in [6, 6.07) is 14.5. The van der Waals surface area contributed by atoms with Gasteiger partial charge in [-0.3, -0.25) is 19.3 Å². The van der Waals surface area contributed by atoms with Gasteiger partial charge in [-0.15, -0.1) is 0 Å². The summed E-state index contributed by atoms with van der Waals surface area (Å²) in [5, 5.41) is 9.39. The van der Waals surface area contributed by atoms with Crippen molar-refractivity contribution in [3.05, 3.63) is 70.1 Å². The van der Waals surface area contributed by atoms with Crippen LogP contribution in [0, 0.1) is 0 Å². The van der Waals surface area contributed by atoms with Crippen LogP contribution in [0.25, 0.3) is 6.08 Å². The lowest BCUT2D eigenvalue weighted by atomic mass is 10.00. The van der Waals surface area contributed by atoms with Gasteiger partial charge in [-0.25, -0.2) is 0 Å². The first-order valence-electron chi connectivity index (χ1n) is 8.91. The molecule has 2 heterocycles. The summed E-state index contributed by atoms with van der Waals surface area (Å²) < 4.78 is 0. The van der Waals surface area contributed by atoms with Crippen molar-refractivity contribution in [3.8, 4) is 5.75 Å². The molecule has 0 atom stereocenters. The highest BCUT2D eigenvalue weighted by Crippen LogP contribution is 2.33. The van der Waals surface area contributed by atoms with Crippen LogP contribution in [0.15, 0.2) is 53.4 Å². The largest absolute Gasteiger partial charge is 0.507 e. The molecule has 7 heteroatoms. The Balaban J connectivity index is 1.47. The second kappa shape index (κ2) is 7.52. The maximum atomic E-state index is 12.7. The van der Waals surface area contributed by atoms with Crippen LogP contribution in [-0.4, -0.2) is 45.0 Å². The van der Waals surface area contributed by atoms with E-state index < -0.39 is 11.1 Å². The van der Waals surface area contributed by atoms with Gasteiger partial charge in [0.1, 0.15) is 12.3 Å². The van der Waals surface area contributed by atoms with E-state index in [1.165, 1.54) is 17.7 Å². The predicted molar refractivity (Wildman–Crippen MR) is 106 cm³/mol. The molecular formula is C21H18N2O4S. The Morgan fingerprint density at radius 3 is 2.57 bits per heavy atom. The number of imide groups is 1. The van der Waals surface area contributed by atoms with Gasteiger partial charge in [0, 0.05) is 18.7 Å². The second-order valence-corrected chi connectivity index (χ2v) is 7.65. The minimum Gasteiger partial charge on any atom is -0.507 e. The van der Waals surface area contributed by atoms with Crippen molar-refractivity contribution in [1.82, 2.24) is 9.80 Å². The highest BCUT2D eigenvalue weighted by molar-refractivity contribution is 8.18. The molecule has 1 N–H and O–H groups in total. The fraction of sp³-hybridized carbons (Fsp3) is 0.190. The number of aromatic hydroxyl groups is 1. The van der Waals surface area contributed by atoms with E-state index in [0.717, 1.165) is 28.6 Å². The lowest BCUT2D eigenvalue weighted by Gasteiger charge is -2.29. The molecule has 0 spiro atoms. The van der Waals surface area contributed by atoms with Gasteiger partial charge in [0.05, 0.1) is 4.91 Å². The maximum Gasteiger partial charge on any atom is 0.294 e. The summed E-state index contributed by atoms with van der Waals surface area (Å²) in [4.78, 5) is 40.4. The molecule has 1 saturated heterocycles. The third kappa shape index (κ3) is 3.53. The molecule has 6 nitrogen and oxygen atoms in total. The Labute approximate surface area is 166 Å². The number of thioether (sulfide) groups is 1. The van der Waals surface area contributed by atoms with Crippen LogP contribution in [-0.2, 0) is 22.6 Å². The first kappa shape index (κ1) is 18.3. The zero-order valence-corrected chi connectivity index (χ0v) is 15.8. The number of hydrogen-bond acceptors (Lipinski definition) is 5. The van der Waals surface area contributed by atoms with Crippen molar-refractivity contribution in [1.29, 1.82) is 0 Å². The van der Waals surface area contributed by atoms with Gasteiger partial charge in [-0.1, -0.05) is 42.5 Å². The van der Waals surface area contributed by atoms with E-state index in [0.29, 0.717) is 18.7 Å². The molecule has 0 saturated carbocycles. The van der Waals surface area contributed by atoms with Crippen molar-refractivity contribution in [2.45, 2.75) is 13.0 Å². The fourth-order valence-corrected chi connectivity index (χ4v) is 4.16. The standard InChI is InChI=1S/C21H18N2O4S/c24-17-8-4-3-6-15(17)11-18-20(26)23(21(27)28-18)13-19(25)22-10-9-14-5-1-2-7-16(14)12-22/h1-8,11,24H,9-10,12-13H2/b18-11-. The van der Waals surface area contributed by atoms with Gasteiger partial charge in [0.2, 0.25) is 5.91 Å². The SMILES string of the molecule is O=C(CN1C(=O)S/C(=C\c2ccccc2O)C1=O)N1CCc2ccccc2C1. The number of benzene rings is 2. The summed E-state index contributed by atoms with van der Waals surface area (Å²) in [6.07, 6.45) is 2.23. The first-order chi connectivity index (χ1) is 13.5. The smallest absolute Gasteiger partial charge is 0.294 e. The highest BCUT2D eigenvalue weighted by Gasteiger charge is 2.37. The molecule has 4 rings (SSSR count). The number of phenolic OH excluding ortho intramolecular Hbond substituents is 1. The zero-order valence-electron chi connectivity index (χ0n) is 15.0. The molecule has 3 amide bonds. The van der Waals surface area contributed by atoms with E-state index in [1.807, 2.05) is 18.2 Å². The Hall–Kier alpha value is -3.06. The van der Waals surface area contributed by atoms with Gasteiger partial charge in [-0.2, -0.15) is 0 Å². The Morgan fingerprint density at radius 2 is 1.79 bits per heavy atom. The van der Waals surface area contributed by atoms with E-state index in [2.05, 4.69) is 6.07 Å². The van der Waals surface area contributed by atoms with Gasteiger partial charge in [0.25, 0.3) is 11.1 Å². The molecule has 28 heavy (non-hydrogen) atoms. The number of nitrogens with zero attached hydrogens (tertiary/aromatic N) is 2. The number of fused-ring (bicyclic) bond motifs is 1. The van der Waals surface area contributed by atoms with Crippen molar-refractivity contribution >= 4 is 34.9 Å². The molecule has 0 aliphatic carbocycles. The molecule has 2 aliphatic heterocycles. The van der Waals surface area contributed by atoms with E-state index in [-0.39, 0.29) is 23.1 Å². The number of rotatable bonds is 3. The van der Waals surface area contributed by atoms with Crippen LogP contribution in [0.2, 0.25) is 0 Å². The summed E-state index contributed by atoms with van der Waals surface area (Å²) in [5.74, 6) is -0.734. The Bertz CT molecular complexity index is 1000. The number of amides is 3. The summed E-state index contributed by atoms with van der Waals surface area (Å²) >= 11 is 0.779.